The second-order valence-corrected chi connectivity index (χ2v) is 4.69. The second-order valence-electron chi connectivity index (χ2n) is 4.28. The van der Waals surface area contributed by atoms with Gasteiger partial charge in [0.05, 0.1) is 13.0 Å². The lowest BCUT2D eigenvalue weighted by atomic mass is 9.92. The Morgan fingerprint density at radius 1 is 1.59 bits per heavy atom. The van der Waals surface area contributed by atoms with E-state index in [-0.39, 0.29) is 12.4 Å². The highest BCUT2D eigenvalue weighted by Crippen LogP contribution is 2.42. The predicted molar refractivity (Wildman–Crippen MR) is 64.9 cm³/mol. The Morgan fingerprint density at radius 2 is 2.35 bits per heavy atom. The Balaban J connectivity index is 2.25. The van der Waals surface area contributed by atoms with Crippen LogP contribution < -0.4 is 0 Å². The van der Waals surface area contributed by atoms with E-state index in [1.807, 2.05) is 6.07 Å². The van der Waals surface area contributed by atoms with E-state index in [1.165, 1.54) is 0 Å². The number of fused-ring (bicyclic) bond motifs is 1. The number of benzene rings is 1. The number of rotatable bonds is 3. The van der Waals surface area contributed by atoms with Gasteiger partial charge in [0, 0.05) is 5.02 Å². The molecule has 1 unspecified atom stereocenters. The third-order valence-corrected chi connectivity index (χ3v) is 3.51. The zero-order chi connectivity index (χ0) is 12.5. The molecule has 0 radical (unpaired) electrons. The molecular formula is C13H15ClO3. The summed E-state index contributed by atoms with van der Waals surface area (Å²) >= 11 is 6.07. The first-order valence-corrected chi connectivity index (χ1v) is 6.10. The van der Waals surface area contributed by atoms with E-state index >= 15 is 0 Å². The maximum Gasteiger partial charge on any atom is 0.309 e. The van der Waals surface area contributed by atoms with E-state index in [1.54, 1.807) is 19.1 Å². The van der Waals surface area contributed by atoms with Crippen molar-refractivity contribution in [2.75, 3.05) is 6.61 Å². The first-order chi connectivity index (χ1) is 8.07. The zero-order valence-corrected chi connectivity index (χ0v) is 10.5. The largest absolute Gasteiger partial charge is 0.466 e. The van der Waals surface area contributed by atoms with E-state index in [9.17, 15) is 9.90 Å². The highest BCUT2D eigenvalue weighted by atomic mass is 35.5. The fraction of sp³-hybridized carbons (Fsp3) is 0.462. The van der Waals surface area contributed by atoms with Gasteiger partial charge in [-0.1, -0.05) is 23.7 Å². The molecule has 0 aliphatic heterocycles. The molecule has 1 atom stereocenters. The van der Waals surface area contributed by atoms with E-state index in [0.717, 1.165) is 11.1 Å². The van der Waals surface area contributed by atoms with E-state index in [2.05, 4.69) is 0 Å². The van der Waals surface area contributed by atoms with Crippen LogP contribution in [0.4, 0.5) is 0 Å². The van der Waals surface area contributed by atoms with Gasteiger partial charge >= 0.3 is 5.97 Å². The molecule has 0 fully saturated rings. The van der Waals surface area contributed by atoms with Crippen molar-refractivity contribution >= 4 is 17.6 Å². The highest BCUT2D eigenvalue weighted by Gasteiger charge is 2.39. The molecule has 0 saturated heterocycles. The molecule has 0 spiro atoms. The van der Waals surface area contributed by atoms with Crippen molar-refractivity contribution in [3.63, 3.8) is 0 Å². The van der Waals surface area contributed by atoms with Gasteiger partial charge in [-0.05, 0) is 37.0 Å². The summed E-state index contributed by atoms with van der Waals surface area (Å²) in [6.45, 7) is 2.08. The minimum atomic E-state index is -1.12. The van der Waals surface area contributed by atoms with Crippen LogP contribution in [0.25, 0.3) is 0 Å². The van der Waals surface area contributed by atoms with Crippen LogP contribution in [-0.4, -0.2) is 17.7 Å². The first-order valence-electron chi connectivity index (χ1n) is 5.72. The maximum absolute atomic E-state index is 11.5. The number of carbonyl (C=O) groups excluding carboxylic acids is 1. The van der Waals surface area contributed by atoms with Crippen LogP contribution in [0.2, 0.25) is 5.02 Å². The molecule has 0 bridgehead atoms. The Bertz CT molecular complexity index is 444. The third kappa shape index (κ3) is 2.31. The summed E-state index contributed by atoms with van der Waals surface area (Å²) in [7, 11) is 0. The summed E-state index contributed by atoms with van der Waals surface area (Å²) < 4.78 is 4.88. The van der Waals surface area contributed by atoms with Gasteiger partial charge in [-0.2, -0.15) is 0 Å². The van der Waals surface area contributed by atoms with Crippen LogP contribution in [-0.2, 0) is 21.6 Å². The first kappa shape index (κ1) is 12.4. The molecule has 4 heteroatoms. The highest BCUT2D eigenvalue weighted by molar-refractivity contribution is 6.31. The predicted octanol–water partition coefficient (Wildman–Crippen LogP) is 2.43. The molecule has 17 heavy (non-hydrogen) atoms. The lowest BCUT2D eigenvalue weighted by Gasteiger charge is -2.22. The normalized spacial score (nSPS) is 22.3. The molecule has 0 heterocycles. The molecule has 2 rings (SSSR count). The number of halogens is 1. The molecular weight excluding hydrogens is 240 g/mol. The van der Waals surface area contributed by atoms with Crippen molar-refractivity contribution < 1.29 is 14.6 Å². The molecule has 1 aliphatic carbocycles. The lowest BCUT2D eigenvalue weighted by molar-refractivity contribution is -0.149. The SMILES string of the molecule is CCOC(=O)CC1(O)CCc2c(Cl)cccc21. The number of carbonyl (C=O) groups is 1. The molecule has 3 nitrogen and oxygen atoms in total. The molecule has 0 amide bonds. The molecule has 1 N–H and O–H groups in total. The van der Waals surface area contributed by atoms with Crippen molar-refractivity contribution in [2.24, 2.45) is 0 Å². The van der Waals surface area contributed by atoms with Gasteiger partial charge in [0.25, 0.3) is 0 Å². The Hall–Kier alpha value is -1.06. The number of aliphatic hydroxyl groups is 1. The Kier molecular flexibility index (Phi) is 3.40. The summed E-state index contributed by atoms with van der Waals surface area (Å²) in [5.41, 5.74) is 0.589. The summed E-state index contributed by atoms with van der Waals surface area (Å²) in [5, 5.41) is 11.2. The van der Waals surface area contributed by atoms with Crippen LogP contribution >= 0.6 is 11.6 Å². The van der Waals surface area contributed by atoms with Crippen molar-refractivity contribution in [1.29, 1.82) is 0 Å². The maximum atomic E-state index is 11.5. The van der Waals surface area contributed by atoms with Gasteiger partial charge in [0.1, 0.15) is 5.60 Å². The van der Waals surface area contributed by atoms with Gasteiger partial charge in [-0.25, -0.2) is 0 Å². The van der Waals surface area contributed by atoms with E-state index < -0.39 is 5.60 Å². The van der Waals surface area contributed by atoms with E-state index in [0.29, 0.717) is 24.5 Å². The quantitative estimate of drug-likeness (QED) is 0.843. The molecule has 92 valence electrons. The fourth-order valence-corrected chi connectivity index (χ4v) is 2.62. The summed E-state index contributed by atoms with van der Waals surface area (Å²) in [5.74, 6) is -0.372. The van der Waals surface area contributed by atoms with Crippen LogP contribution in [0.1, 0.15) is 30.9 Å². The average molecular weight is 255 g/mol. The van der Waals surface area contributed by atoms with Crippen LogP contribution in [0.5, 0.6) is 0 Å². The number of hydrogen-bond donors (Lipinski definition) is 1. The smallest absolute Gasteiger partial charge is 0.309 e. The van der Waals surface area contributed by atoms with Crippen molar-refractivity contribution in [2.45, 2.75) is 31.8 Å². The van der Waals surface area contributed by atoms with Gasteiger partial charge in [0.2, 0.25) is 0 Å². The van der Waals surface area contributed by atoms with Crippen molar-refractivity contribution in [3.05, 3.63) is 34.3 Å². The summed E-state index contributed by atoms with van der Waals surface area (Å²) in [6, 6.07) is 5.42. The molecule has 0 saturated carbocycles. The summed E-state index contributed by atoms with van der Waals surface area (Å²) in [6.07, 6.45) is 1.21. The summed E-state index contributed by atoms with van der Waals surface area (Å²) in [4.78, 5) is 11.5. The Morgan fingerprint density at radius 3 is 3.06 bits per heavy atom. The lowest BCUT2D eigenvalue weighted by Crippen LogP contribution is -2.27. The van der Waals surface area contributed by atoms with Crippen molar-refractivity contribution in [1.82, 2.24) is 0 Å². The van der Waals surface area contributed by atoms with Gasteiger partial charge in [-0.15, -0.1) is 0 Å². The zero-order valence-electron chi connectivity index (χ0n) is 9.70. The molecule has 1 aromatic carbocycles. The van der Waals surface area contributed by atoms with E-state index in [4.69, 9.17) is 16.3 Å². The van der Waals surface area contributed by atoms with Crippen molar-refractivity contribution in [3.8, 4) is 0 Å². The molecule has 1 aliphatic rings. The minimum Gasteiger partial charge on any atom is -0.466 e. The van der Waals surface area contributed by atoms with Gasteiger partial charge in [0.15, 0.2) is 0 Å². The topological polar surface area (TPSA) is 46.5 Å². The standard InChI is InChI=1S/C13H15ClO3/c1-2-17-12(15)8-13(16)7-6-9-10(13)4-3-5-11(9)14/h3-5,16H,2,6-8H2,1H3. The monoisotopic (exact) mass is 254 g/mol. The average Bonchev–Trinajstić information content (AvgIpc) is 2.58. The number of ether oxygens (including phenoxy) is 1. The second kappa shape index (κ2) is 4.67. The fourth-order valence-electron chi connectivity index (χ4n) is 2.35. The van der Waals surface area contributed by atoms with Gasteiger partial charge < -0.3 is 9.84 Å². The molecule has 1 aromatic rings. The minimum absolute atomic E-state index is 0.00577. The third-order valence-electron chi connectivity index (χ3n) is 3.15. The van der Waals surface area contributed by atoms with Crippen LogP contribution in [0, 0.1) is 0 Å². The van der Waals surface area contributed by atoms with Crippen LogP contribution in [0.15, 0.2) is 18.2 Å². The molecule has 0 aromatic heterocycles. The Labute approximate surface area is 105 Å². The van der Waals surface area contributed by atoms with Crippen LogP contribution in [0.3, 0.4) is 0 Å². The number of esters is 1. The number of hydrogen-bond acceptors (Lipinski definition) is 3. The van der Waals surface area contributed by atoms with Gasteiger partial charge in [-0.3, -0.25) is 4.79 Å².